The fourth-order valence-corrected chi connectivity index (χ4v) is 2.18. The standard InChI is InChI=1S/C14H13N5/c15-10-11-1-2-13-12(9-11)3-5-18(13)7-8-19-6-4-14(16)17-19/h1-6,9H,7-8H2,(H2,16,17). The molecule has 0 atom stereocenters. The number of rotatable bonds is 3. The molecule has 2 aromatic heterocycles. The van der Waals surface area contributed by atoms with E-state index in [4.69, 9.17) is 11.0 Å². The second-order valence-corrected chi connectivity index (χ2v) is 4.40. The molecule has 2 heterocycles. The molecule has 94 valence electrons. The molecule has 0 radical (unpaired) electrons. The largest absolute Gasteiger partial charge is 0.382 e. The highest BCUT2D eigenvalue weighted by molar-refractivity contribution is 5.81. The summed E-state index contributed by atoms with van der Waals surface area (Å²) in [6.07, 6.45) is 3.90. The molecule has 3 rings (SSSR count). The molecule has 2 N–H and O–H groups in total. The van der Waals surface area contributed by atoms with Crippen LogP contribution in [0.1, 0.15) is 5.56 Å². The van der Waals surface area contributed by atoms with Gasteiger partial charge in [-0.3, -0.25) is 4.68 Å². The van der Waals surface area contributed by atoms with Gasteiger partial charge in [-0.2, -0.15) is 10.4 Å². The SMILES string of the molecule is N#Cc1ccc2c(ccn2CCn2ccc(N)n2)c1. The first-order valence-corrected chi connectivity index (χ1v) is 6.04. The lowest BCUT2D eigenvalue weighted by Gasteiger charge is -2.05. The maximum atomic E-state index is 8.88. The summed E-state index contributed by atoms with van der Waals surface area (Å²) in [5.74, 6) is 0.538. The van der Waals surface area contributed by atoms with E-state index in [1.54, 1.807) is 6.07 Å². The lowest BCUT2D eigenvalue weighted by molar-refractivity contribution is 0.544. The summed E-state index contributed by atoms with van der Waals surface area (Å²) >= 11 is 0. The number of nitrogen functional groups attached to an aromatic ring is 1. The smallest absolute Gasteiger partial charge is 0.145 e. The molecule has 3 aromatic rings. The number of nitriles is 1. The third-order valence-electron chi connectivity index (χ3n) is 3.13. The van der Waals surface area contributed by atoms with E-state index in [-0.39, 0.29) is 0 Å². The molecule has 0 unspecified atom stereocenters. The van der Waals surface area contributed by atoms with Crippen molar-refractivity contribution in [3.63, 3.8) is 0 Å². The Morgan fingerprint density at radius 1 is 1.16 bits per heavy atom. The summed E-state index contributed by atoms with van der Waals surface area (Å²) in [6.45, 7) is 1.58. The van der Waals surface area contributed by atoms with Crippen molar-refractivity contribution in [2.75, 3.05) is 5.73 Å². The van der Waals surface area contributed by atoms with Gasteiger partial charge in [0.1, 0.15) is 5.82 Å². The van der Waals surface area contributed by atoms with Crippen LogP contribution in [0, 0.1) is 11.3 Å². The zero-order valence-electron chi connectivity index (χ0n) is 10.3. The fraction of sp³-hybridized carbons (Fsp3) is 0.143. The molecule has 1 aromatic carbocycles. The molecule has 0 saturated heterocycles. The Morgan fingerprint density at radius 3 is 2.79 bits per heavy atom. The normalized spacial score (nSPS) is 10.7. The van der Waals surface area contributed by atoms with Gasteiger partial charge in [-0.15, -0.1) is 0 Å². The van der Waals surface area contributed by atoms with Gasteiger partial charge in [-0.1, -0.05) is 0 Å². The van der Waals surface area contributed by atoms with Crippen molar-refractivity contribution in [2.24, 2.45) is 0 Å². The van der Waals surface area contributed by atoms with Gasteiger partial charge in [-0.05, 0) is 30.3 Å². The quantitative estimate of drug-likeness (QED) is 0.773. The van der Waals surface area contributed by atoms with Crippen LogP contribution in [0.15, 0.2) is 42.7 Å². The van der Waals surface area contributed by atoms with Crippen LogP contribution in [0.5, 0.6) is 0 Å². The summed E-state index contributed by atoms with van der Waals surface area (Å²) in [5.41, 5.74) is 7.39. The zero-order chi connectivity index (χ0) is 13.2. The summed E-state index contributed by atoms with van der Waals surface area (Å²) in [5, 5.41) is 14.1. The number of hydrogen-bond acceptors (Lipinski definition) is 3. The third-order valence-corrected chi connectivity index (χ3v) is 3.13. The number of aryl methyl sites for hydroxylation is 2. The summed E-state index contributed by atoms with van der Waals surface area (Å²) in [4.78, 5) is 0. The van der Waals surface area contributed by atoms with Crippen LogP contribution in [-0.4, -0.2) is 14.3 Å². The molecule has 5 nitrogen and oxygen atoms in total. The maximum absolute atomic E-state index is 8.88. The van der Waals surface area contributed by atoms with E-state index in [1.807, 2.05) is 41.3 Å². The average Bonchev–Trinajstić information content (AvgIpc) is 3.02. The highest BCUT2D eigenvalue weighted by Crippen LogP contribution is 2.17. The van der Waals surface area contributed by atoms with Gasteiger partial charge >= 0.3 is 0 Å². The third kappa shape index (κ3) is 2.16. The van der Waals surface area contributed by atoms with Crippen molar-refractivity contribution in [3.05, 3.63) is 48.3 Å². The highest BCUT2D eigenvalue weighted by Gasteiger charge is 2.02. The van der Waals surface area contributed by atoms with Gasteiger partial charge in [0.25, 0.3) is 0 Å². The summed E-state index contributed by atoms with van der Waals surface area (Å²) < 4.78 is 3.97. The number of hydrogen-bond donors (Lipinski definition) is 1. The van der Waals surface area contributed by atoms with Crippen molar-refractivity contribution in [1.29, 1.82) is 5.26 Å². The molecular formula is C14H13N5. The molecule has 5 heteroatoms. The van der Waals surface area contributed by atoms with E-state index in [1.165, 1.54) is 0 Å². The van der Waals surface area contributed by atoms with Crippen LogP contribution in [0.3, 0.4) is 0 Å². The van der Waals surface area contributed by atoms with Crippen LogP contribution >= 0.6 is 0 Å². The van der Waals surface area contributed by atoms with E-state index in [2.05, 4.69) is 15.7 Å². The average molecular weight is 251 g/mol. The number of aromatic nitrogens is 3. The van der Waals surface area contributed by atoms with E-state index in [0.717, 1.165) is 24.0 Å². The Hall–Kier alpha value is -2.74. The first-order valence-electron chi connectivity index (χ1n) is 6.04. The van der Waals surface area contributed by atoms with Crippen molar-refractivity contribution in [2.45, 2.75) is 13.1 Å². The molecule has 0 spiro atoms. The second kappa shape index (κ2) is 4.50. The van der Waals surface area contributed by atoms with Crippen molar-refractivity contribution in [3.8, 4) is 6.07 Å². The van der Waals surface area contributed by atoms with Crippen molar-refractivity contribution < 1.29 is 0 Å². The number of fused-ring (bicyclic) bond motifs is 1. The summed E-state index contributed by atoms with van der Waals surface area (Å²) in [7, 11) is 0. The van der Waals surface area contributed by atoms with Crippen LogP contribution < -0.4 is 5.73 Å². The zero-order valence-corrected chi connectivity index (χ0v) is 10.3. The lowest BCUT2D eigenvalue weighted by atomic mass is 10.2. The number of nitrogens with zero attached hydrogens (tertiary/aromatic N) is 4. The lowest BCUT2D eigenvalue weighted by Crippen LogP contribution is -2.07. The molecular weight excluding hydrogens is 238 g/mol. The van der Waals surface area contributed by atoms with Gasteiger partial charge < -0.3 is 10.3 Å². The molecule has 0 aliphatic heterocycles. The first-order chi connectivity index (χ1) is 9.26. The Morgan fingerprint density at radius 2 is 2.05 bits per heavy atom. The molecule has 0 aliphatic rings. The van der Waals surface area contributed by atoms with Gasteiger partial charge in [0.2, 0.25) is 0 Å². The number of benzene rings is 1. The summed E-state index contributed by atoms with van der Waals surface area (Å²) in [6, 6.07) is 11.7. The van der Waals surface area contributed by atoms with Gasteiger partial charge in [-0.25, -0.2) is 0 Å². The highest BCUT2D eigenvalue weighted by atomic mass is 15.3. The first kappa shape index (κ1) is 11.4. The Balaban J connectivity index is 1.83. The van der Waals surface area contributed by atoms with Gasteiger partial charge in [0.15, 0.2) is 0 Å². The van der Waals surface area contributed by atoms with E-state index in [9.17, 15) is 0 Å². The molecule has 0 amide bonds. The monoisotopic (exact) mass is 251 g/mol. The topological polar surface area (TPSA) is 72.6 Å². The number of anilines is 1. The van der Waals surface area contributed by atoms with Crippen LogP contribution in [-0.2, 0) is 13.1 Å². The van der Waals surface area contributed by atoms with E-state index in [0.29, 0.717) is 11.4 Å². The minimum atomic E-state index is 0.538. The fourth-order valence-electron chi connectivity index (χ4n) is 2.18. The van der Waals surface area contributed by atoms with Crippen molar-refractivity contribution >= 4 is 16.7 Å². The Labute approximate surface area is 110 Å². The Bertz CT molecular complexity index is 760. The van der Waals surface area contributed by atoms with E-state index >= 15 is 0 Å². The maximum Gasteiger partial charge on any atom is 0.145 e. The molecule has 19 heavy (non-hydrogen) atoms. The molecule has 0 bridgehead atoms. The predicted octanol–water partition coefficient (Wildman–Crippen LogP) is 1.99. The predicted molar refractivity (Wildman–Crippen MR) is 73.3 cm³/mol. The molecule has 0 saturated carbocycles. The number of nitrogens with two attached hydrogens (primary N) is 1. The minimum absolute atomic E-state index is 0.538. The Kier molecular flexibility index (Phi) is 2.69. The van der Waals surface area contributed by atoms with Crippen LogP contribution in [0.25, 0.3) is 10.9 Å². The second-order valence-electron chi connectivity index (χ2n) is 4.40. The molecule has 0 aliphatic carbocycles. The van der Waals surface area contributed by atoms with Crippen LogP contribution in [0.4, 0.5) is 5.82 Å². The molecule has 0 fully saturated rings. The van der Waals surface area contributed by atoms with Crippen molar-refractivity contribution in [1.82, 2.24) is 14.3 Å². The van der Waals surface area contributed by atoms with Gasteiger partial charge in [0.05, 0.1) is 18.2 Å². The van der Waals surface area contributed by atoms with E-state index < -0.39 is 0 Å². The minimum Gasteiger partial charge on any atom is -0.382 e. The van der Waals surface area contributed by atoms with Crippen LogP contribution in [0.2, 0.25) is 0 Å². The van der Waals surface area contributed by atoms with Gasteiger partial charge in [0, 0.05) is 29.8 Å².